The van der Waals surface area contributed by atoms with Crippen LogP contribution in [0.25, 0.3) is 5.69 Å². The van der Waals surface area contributed by atoms with Gasteiger partial charge in [-0.05, 0) is 24.6 Å². The van der Waals surface area contributed by atoms with Crippen molar-refractivity contribution >= 4 is 11.6 Å². The summed E-state index contributed by atoms with van der Waals surface area (Å²) in [6.45, 7) is 2.06. The summed E-state index contributed by atoms with van der Waals surface area (Å²) in [7, 11) is 0. The first-order chi connectivity index (χ1) is 9.70. The minimum Gasteiger partial charge on any atom is -0.327 e. The van der Waals surface area contributed by atoms with Gasteiger partial charge in [-0.3, -0.25) is 4.79 Å². The van der Waals surface area contributed by atoms with Gasteiger partial charge in [-0.15, -0.1) is 0 Å². The predicted molar refractivity (Wildman–Crippen MR) is 79.7 cm³/mol. The van der Waals surface area contributed by atoms with Crippen molar-refractivity contribution in [2.24, 2.45) is 5.73 Å². The number of para-hydroxylation sites is 2. The Kier molecular flexibility index (Phi) is 4.90. The summed E-state index contributed by atoms with van der Waals surface area (Å²) in [6, 6.07) is 9.33. The standard InChI is InChI=1S/C15H20N4O/c1-2-6-12(16)11-15(20)18-13-7-3-4-8-14(13)19-10-5-9-17-19/h3-5,7-10,12H,2,6,11,16H2,1H3,(H,18,20). The Morgan fingerprint density at radius 1 is 1.40 bits per heavy atom. The van der Waals surface area contributed by atoms with Gasteiger partial charge in [0.25, 0.3) is 0 Å². The Balaban J connectivity index is 2.08. The van der Waals surface area contributed by atoms with Crippen molar-refractivity contribution in [3.05, 3.63) is 42.7 Å². The number of anilines is 1. The molecular weight excluding hydrogens is 252 g/mol. The van der Waals surface area contributed by atoms with Gasteiger partial charge in [0.05, 0.1) is 11.4 Å². The third-order valence-corrected chi connectivity index (χ3v) is 3.04. The molecule has 20 heavy (non-hydrogen) atoms. The van der Waals surface area contributed by atoms with E-state index < -0.39 is 0 Å². The van der Waals surface area contributed by atoms with Crippen LogP contribution in [0.1, 0.15) is 26.2 Å². The number of hydrogen-bond acceptors (Lipinski definition) is 3. The smallest absolute Gasteiger partial charge is 0.225 e. The zero-order valence-corrected chi connectivity index (χ0v) is 11.6. The molecule has 3 N–H and O–H groups in total. The minimum absolute atomic E-state index is 0.0643. The Labute approximate surface area is 118 Å². The molecule has 0 aliphatic carbocycles. The molecule has 1 atom stereocenters. The number of benzene rings is 1. The lowest BCUT2D eigenvalue weighted by Gasteiger charge is -2.13. The number of hydrogen-bond donors (Lipinski definition) is 2. The zero-order chi connectivity index (χ0) is 14.4. The summed E-state index contributed by atoms with van der Waals surface area (Å²) >= 11 is 0. The molecule has 0 spiro atoms. The van der Waals surface area contributed by atoms with E-state index in [1.165, 1.54) is 0 Å². The number of carbonyl (C=O) groups excluding carboxylic acids is 1. The van der Waals surface area contributed by atoms with E-state index in [-0.39, 0.29) is 11.9 Å². The van der Waals surface area contributed by atoms with E-state index in [9.17, 15) is 4.79 Å². The van der Waals surface area contributed by atoms with Gasteiger partial charge < -0.3 is 11.1 Å². The van der Waals surface area contributed by atoms with Crippen LogP contribution < -0.4 is 11.1 Å². The van der Waals surface area contributed by atoms with Crippen LogP contribution in [0.15, 0.2) is 42.7 Å². The Bertz CT molecular complexity index is 551. The van der Waals surface area contributed by atoms with Gasteiger partial charge in [0.15, 0.2) is 0 Å². The van der Waals surface area contributed by atoms with E-state index >= 15 is 0 Å². The molecular formula is C15H20N4O. The average Bonchev–Trinajstić information content (AvgIpc) is 2.93. The van der Waals surface area contributed by atoms with Gasteiger partial charge in [-0.25, -0.2) is 4.68 Å². The van der Waals surface area contributed by atoms with Crippen molar-refractivity contribution in [1.29, 1.82) is 0 Å². The summed E-state index contributed by atoms with van der Waals surface area (Å²) in [6.07, 6.45) is 5.72. The number of nitrogens with two attached hydrogens (primary N) is 1. The van der Waals surface area contributed by atoms with Gasteiger partial charge in [0.2, 0.25) is 5.91 Å². The summed E-state index contributed by atoms with van der Waals surface area (Å²) in [5.41, 5.74) is 7.48. The minimum atomic E-state index is -0.0862. The van der Waals surface area contributed by atoms with Crippen LogP contribution in [0.2, 0.25) is 0 Å². The highest BCUT2D eigenvalue weighted by atomic mass is 16.1. The van der Waals surface area contributed by atoms with E-state index in [4.69, 9.17) is 5.73 Å². The molecule has 5 heteroatoms. The second-order valence-electron chi connectivity index (χ2n) is 4.77. The second-order valence-corrected chi connectivity index (χ2v) is 4.77. The maximum absolute atomic E-state index is 12.0. The van der Waals surface area contributed by atoms with Crippen molar-refractivity contribution in [2.75, 3.05) is 5.32 Å². The first-order valence-electron chi connectivity index (χ1n) is 6.85. The maximum Gasteiger partial charge on any atom is 0.225 e. The van der Waals surface area contributed by atoms with Crippen LogP contribution in [-0.2, 0) is 4.79 Å². The lowest BCUT2D eigenvalue weighted by Crippen LogP contribution is -2.27. The molecule has 0 saturated carbocycles. The van der Waals surface area contributed by atoms with E-state index in [1.54, 1.807) is 10.9 Å². The molecule has 0 radical (unpaired) electrons. The summed E-state index contributed by atoms with van der Waals surface area (Å²) < 4.78 is 1.72. The van der Waals surface area contributed by atoms with Crippen LogP contribution in [0.4, 0.5) is 5.69 Å². The second kappa shape index (κ2) is 6.86. The molecule has 5 nitrogen and oxygen atoms in total. The molecule has 0 aliphatic heterocycles. The van der Waals surface area contributed by atoms with Crippen molar-refractivity contribution in [3.63, 3.8) is 0 Å². The third kappa shape index (κ3) is 3.68. The van der Waals surface area contributed by atoms with E-state index in [0.717, 1.165) is 24.2 Å². The molecule has 1 amide bonds. The van der Waals surface area contributed by atoms with Crippen molar-refractivity contribution in [2.45, 2.75) is 32.2 Å². The van der Waals surface area contributed by atoms with Crippen LogP contribution in [0.3, 0.4) is 0 Å². The monoisotopic (exact) mass is 272 g/mol. The molecule has 0 fully saturated rings. The molecule has 1 aromatic heterocycles. The fraction of sp³-hybridized carbons (Fsp3) is 0.333. The summed E-state index contributed by atoms with van der Waals surface area (Å²) in [5.74, 6) is -0.0643. The molecule has 1 aromatic carbocycles. The largest absolute Gasteiger partial charge is 0.327 e. The van der Waals surface area contributed by atoms with E-state index in [2.05, 4.69) is 17.3 Å². The molecule has 0 bridgehead atoms. The van der Waals surface area contributed by atoms with Crippen LogP contribution in [-0.4, -0.2) is 21.7 Å². The van der Waals surface area contributed by atoms with E-state index in [0.29, 0.717) is 6.42 Å². The fourth-order valence-corrected chi connectivity index (χ4v) is 2.10. The first-order valence-corrected chi connectivity index (χ1v) is 6.85. The van der Waals surface area contributed by atoms with Gasteiger partial charge in [0.1, 0.15) is 0 Å². The Hall–Kier alpha value is -2.14. The SMILES string of the molecule is CCCC(N)CC(=O)Nc1ccccc1-n1cccn1. The Morgan fingerprint density at radius 3 is 2.90 bits per heavy atom. The summed E-state index contributed by atoms with van der Waals surface area (Å²) in [5, 5.41) is 7.09. The Morgan fingerprint density at radius 2 is 2.20 bits per heavy atom. The number of aromatic nitrogens is 2. The first kappa shape index (κ1) is 14.3. The van der Waals surface area contributed by atoms with Crippen molar-refractivity contribution in [3.8, 4) is 5.69 Å². The predicted octanol–water partition coefficient (Wildman–Crippen LogP) is 2.33. The normalized spacial score (nSPS) is 12.1. The van der Waals surface area contributed by atoms with Gasteiger partial charge in [0, 0.05) is 24.9 Å². The highest BCUT2D eigenvalue weighted by Crippen LogP contribution is 2.19. The molecule has 0 aliphatic rings. The third-order valence-electron chi connectivity index (χ3n) is 3.04. The molecule has 1 unspecified atom stereocenters. The lowest BCUT2D eigenvalue weighted by molar-refractivity contribution is -0.116. The zero-order valence-electron chi connectivity index (χ0n) is 11.6. The number of carbonyl (C=O) groups is 1. The highest BCUT2D eigenvalue weighted by molar-refractivity contribution is 5.93. The number of amides is 1. The highest BCUT2D eigenvalue weighted by Gasteiger charge is 2.11. The summed E-state index contributed by atoms with van der Waals surface area (Å²) in [4.78, 5) is 12.0. The fourth-order valence-electron chi connectivity index (χ4n) is 2.10. The van der Waals surface area contributed by atoms with Gasteiger partial charge >= 0.3 is 0 Å². The molecule has 2 aromatic rings. The van der Waals surface area contributed by atoms with Crippen molar-refractivity contribution < 1.29 is 4.79 Å². The number of rotatable bonds is 6. The molecule has 2 rings (SSSR count). The molecule has 0 saturated heterocycles. The number of nitrogens with zero attached hydrogens (tertiary/aromatic N) is 2. The quantitative estimate of drug-likeness (QED) is 0.847. The number of nitrogens with one attached hydrogen (secondary N) is 1. The molecule has 106 valence electrons. The van der Waals surface area contributed by atoms with Crippen LogP contribution >= 0.6 is 0 Å². The lowest BCUT2D eigenvalue weighted by atomic mass is 10.1. The molecule has 1 heterocycles. The van der Waals surface area contributed by atoms with Crippen LogP contribution in [0, 0.1) is 0 Å². The topological polar surface area (TPSA) is 72.9 Å². The van der Waals surface area contributed by atoms with E-state index in [1.807, 2.05) is 36.5 Å². The van der Waals surface area contributed by atoms with Gasteiger partial charge in [-0.1, -0.05) is 25.5 Å². The average molecular weight is 272 g/mol. The maximum atomic E-state index is 12.0. The van der Waals surface area contributed by atoms with Crippen LogP contribution in [0.5, 0.6) is 0 Å². The van der Waals surface area contributed by atoms with Crippen molar-refractivity contribution in [1.82, 2.24) is 9.78 Å². The van der Waals surface area contributed by atoms with Gasteiger partial charge in [-0.2, -0.15) is 5.10 Å².